The fourth-order valence-corrected chi connectivity index (χ4v) is 18.4. The summed E-state index contributed by atoms with van der Waals surface area (Å²) >= 11 is 13.6. The molecule has 10 aliphatic heterocycles. The van der Waals surface area contributed by atoms with Crippen molar-refractivity contribution in [1.29, 1.82) is 0 Å². The molecule has 0 radical (unpaired) electrons. The van der Waals surface area contributed by atoms with Gasteiger partial charge in [-0.25, -0.2) is 61.5 Å². The number of halogens is 8. The molecule has 8 N–H and O–H groups in total. The number of aliphatic imine (C=N–C) groups is 8. The number of aliphatic hydroxyl groups is 2. The van der Waals surface area contributed by atoms with Gasteiger partial charge in [-0.3, -0.25) is 63.7 Å². The highest BCUT2D eigenvalue weighted by Gasteiger charge is 2.43. The number of rotatable bonds is 29. The maximum atomic E-state index is 13.9. The van der Waals surface area contributed by atoms with Gasteiger partial charge in [0.05, 0.1) is 125 Å². The maximum Gasteiger partial charge on any atom is 0.338 e. The highest BCUT2D eigenvalue weighted by Crippen LogP contribution is 2.43. The van der Waals surface area contributed by atoms with Gasteiger partial charge >= 0.3 is 35.8 Å². The largest absolute Gasteiger partial charge is 0.481 e. The minimum absolute atomic E-state index is 0.0862. The number of carboxylic acid groups (broad SMARTS) is 2. The average molecular weight is 2190 g/mol. The molecule has 16 rings (SSSR count). The molecule has 12 heterocycles. The first kappa shape index (κ1) is 105. The van der Waals surface area contributed by atoms with E-state index in [1.165, 1.54) is 70.5 Å². The molecule has 139 heavy (non-hydrogen) atoms. The number of hydrogen-bond acceptors (Lipinski definition) is 36. The van der Waals surface area contributed by atoms with Crippen molar-refractivity contribution in [2.75, 3.05) is 151 Å². The highest BCUT2D eigenvalue weighted by molar-refractivity contribution is 9.11. The Morgan fingerprint density at radius 1 is 0.460 bits per heavy atom. The quantitative estimate of drug-likeness (QED) is 0.0130. The van der Waals surface area contributed by atoms with E-state index in [0.29, 0.717) is 213 Å². The van der Waals surface area contributed by atoms with Gasteiger partial charge in [0, 0.05) is 146 Å². The normalized spacial score (nSPS) is 21.9. The molecule has 4 saturated heterocycles. The first-order chi connectivity index (χ1) is 66.7. The summed E-state index contributed by atoms with van der Waals surface area (Å²) < 4.78 is 104. The number of carbonyl (C=O) groups is 6. The van der Waals surface area contributed by atoms with Crippen LogP contribution in [0.25, 0.3) is 0 Å². The Morgan fingerprint density at radius 3 is 1.09 bits per heavy atom. The predicted molar refractivity (Wildman–Crippen MR) is 514 cm³/mol. The second kappa shape index (κ2) is 48.8. The SMILES string of the molecule is CCOC(=O)C1=C(CN2CCOC(C(=O)O)C2)NC(c2ncn(C)n2)=NC1c1ccc(F)cc1Br.CCOC(=O)C1=C(CN2CCOC(CC(=O)O)C2)NC(c2ncn(C)n2)=NC1c1ccc(F)cc1Br.CCOC(=O)C1=C(CN2CCO[C@@H](CO)C2)NC(C2=NCC=N2)=NC1c1ccc(F)cc1Br.CCOC(=O)C1=C(CN2CCO[C@H](C(C)(C)O)C2)NC(C2=NCC=N2)=NC1c1ccc(F)cc1Br. The number of aryl methyl sites for hydroxylation is 2. The fraction of sp³-hybridized carbons (Fsp3) is 0.451. The van der Waals surface area contributed by atoms with Gasteiger partial charge in [-0.1, -0.05) is 88.0 Å². The third-order valence-corrected chi connectivity index (χ3v) is 25.3. The van der Waals surface area contributed by atoms with Crippen LogP contribution in [0, 0.1) is 23.3 Å². The Kier molecular flexibility index (Phi) is 36.9. The molecule has 4 aromatic carbocycles. The predicted octanol–water partition coefficient (Wildman–Crippen LogP) is 7.24. The summed E-state index contributed by atoms with van der Waals surface area (Å²) in [4.78, 5) is 128. The van der Waals surface area contributed by atoms with Gasteiger partial charge in [-0.15, -0.1) is 10.2 Å². The number of hydrogen-bond donors (Lipinski definition) is 8. The molecule has 0 spiro atoms. The van der Waals surface area contributed by atoms with Gasteiger partial charge in [-0.2, -0.15) is 0 Å². The Balaban J connectivity index is 0.000000156. The Morgan fingerprint density at radius 2 is 0.784 bits per heavy atom. The molecule has 10 aliphatic rings. The summed E-state index contributed by atoms with van der Waals surface area (Å²) in [5, 5.41) is 60.1. The Bertz CT molecular complexity index is 5980. The van der Waals surface area contributed by atoms with Gasteiger partial charge < -0.3 is 79.6 Å². The lowest BCUT2D eigenvalue weighted by Gasteiger charge is -2.39. The number of morpholine rings is 4. The molecular weight excluding hydrogens is 2080 g/mol. The van der Waals surface area contributed by atoms with Crippen LogP contribution in [0.15, 0.2) is 188 Å². The number of aliphatic carboxylic acids is 2. The van der Waals surface area contributed by atoms with Crippen LogP contribution in [0.2, 0.25) is 0 Å². The van der Waals surface area contributed by atoms with E-state index < -0.39 is 101 Å². The molecule has 40 nitrogen and oxygen atoms in total. The van der Waals surface area contributed by atoms with E-state index in [4.69, 9.17) is 57.9 Å². The summed E-state index contributed by atoms with van der Waals surface area (Å²) in [5.41, 5.74) is 4.68. The van der Waals surface area contributed by atoms with E-state index in [2.05, 4.69) is 135 Å². The summed E-state index contributed by atoms with van der Waals surface area (Å²) in [6.07, 6.45) is 4.16. The lowest BCUT2D eigenvalue weighted by Crippen LogP contribution is -2.53. The summed E-state index contributed by atoms with van der Waals surface area (Å²) in [6, 6.07) is 13.7. The van der Waals surface area contributed by atoms with Crippen LogP contribution in [-0.4, -0.2) is 334 Å². The van der Waals surface area contributed by atoms with Crippen molar-refractivity contribution in [2.45, 2.75) is 102 Å². The van der Waals surface area contributed by atoms with Crippen molar-refractivity contribution in [3.63, 3.8) is 0 Å². The summed E-state index contributed by atoms with van der Waals surface area (Å²) in [5.74, 6) is -2.83. The van der Waals surface area contributed by atoms with Crippen molar-refractivity contribution in [3.05, 3.63) is 206 Å². The van der Waals surface area contributed by atoms with E-state index in [0.717, 1.165) is 0 Å². The van der Waals surface area contributed by atoms with Crippen LogP contribution in [0.5, 0.6) is 0 Å². The van der Waals surface area contributed by atoms with Crippen molar-refractivity contribution >= 4 is 147 Å². The zero-order valence-corrected chi connectivity index (χ0v) is 83.2. The van der Waals surface area contributed by atoms with Crippen molar-refractivity contribution < 1.29 is 105 Å². The van der Waals surface area contributed by atoms with Crippen LogP contribution in [0.1, 0.15) is 106 Å². The second-order valence-corrected chi connectivity index (χ2v) is 36.4. The van der Waals surface area contributed by atoms with E-state index in [1.54, 1.807) is 92.3 Å². The third-order valence-electron chi connectivity index (χ3n) is 22.6. The van der Waals surface area contributed by atoms with Gasteiger partial charge in [-0.05, 0) is 112 Å². The number of aromatic nitrogens is 6. The third kappa shape index (κ3) is 27.3. The minimum atomic E-state index is -1.06. The first-order valence-corrected chi connectivity index (χ1v) is 47.7. The molecule has 0 aliphatic carbocycles. The lowest BCUT2D eigenvalue weighted by atomic mass is 9.94. The number of carbonyl (C=O) groups excluding carboxylic acids is 4. The summed E-state index contributed by atoms with van der Waals surface area (Å²) in [7, 11) is 3.44. The van der Waals surface area contributed by atoms with Gasteiger partial charge in [0.1, 0.15) is 60.1 Å². The van der Waals surface area contributed by atoms with Crippen LogP contribution >= 0.6 is 63.7 Å². The first-order valence-electron chi connectivity index (χ1n) is 44.5. The number of amidine groups is 6. The fourth-order valence-electron chi connectivity index (χ4n) is 16.1. The van der Waals surface area contributed by atoms with Gasteiger partial charge in [0.15, 0.2) is 41.1 Å². The topological polar surface area (TPSA) is 479 Å². The molecule has 48 heteroatoms. The minimum Gasteiger partial charge on any atom is -0.481 e. The van der Waals surface area contributed by atoms with Gasteiger partial charge in [0.2, 0.25) is 11.6 Å². The molecule has 6 aromatic rings. The van der Waals surface area contributed by atoms with E-state index >= 15 is 0 Å². The van der Waals surface area contributed by atoms with Crippen LogP contribution in [0.4, 0.5) is 17.6 Å². The molecule has 6 unspecified atom stereocenters. The van der Waals surface area contributed by atoms with Crippen molar-refractivity contribution in [3.8, 4) is 0 Å². The van der Waals surface area contributed by atoms with E-state index in [-0.39, 0.29) is 89.1 Å². The number of aliphatic hydroxyl groups excluding tert-OH is 1. The molecule has 0 amide bonds. The van der Waals surface area contributed by atoms with E-state index in [9.17, 15) is 66.8 Å². The number of esters is 4. The molecule has 742 valence electrons. The standard InChI is InChI=1S/C24H29BrFN5O4.C23H26BrFN6O5.C22H24BrFN6O5.C22H25BrFN5O4/c1-4-34-23(32)19-17(12-31-9-10-35-18(13-31)24(2,3)33)29-22(21-27-7-8-28-21)30-20(19)15-6-5-14(26)11-16(15)25;1-3-35-23(34)19-17(11-31-6-7-36-14(10-31)9-18(32)33)27-22(21-26-12-30(2)29-21)28-20(19)15-5-4-13(25)8-16(15)24;1-3-34-22(33)17-15(9-30-6-7-35-16(10-30)21(31)32)26-20(19-25-11-29(2)28-19)27-18(17)13-5-4-12(24)8-14(13)23;1-2-32-22(31)18-17(11-29-7-8-33-14(10-29)12-30)27-21(20-25-5-6-26-20)28-19(18)15-4-3-13(24)9-16(15)23/h5-7,11,18,20,33H,4,8-10,12-13H2,1-3H3,(H,29,30);4-5,8,12,14,20H,3,6-7,9-11H2,1-2H3,(H,27,28)(H,32,33);4-5,8,11,16,18H,3,6-7,9-10H2,1-2H3,(H,26,27)(H,31,32);3-5,9,14,19,30H,2,6-8,10-12H2,1H3,(H,27,28)/t18-,20?;;;14-,19?/m0..1/s1. The Labute approximate surface area is 829 Å². The zero-order valence-electron chi connectivity index (χ0n) is 76.9. The summed E-state index contributed by atoms with van der Waals surface area (Å²) in [6.45, 7) is 18.3. The van der Waals surface area contributed by atoms with Gasteiger partial charge in [0.25, 0.3) is 0 Å². The number of carboxylic acids is 2. The van der Waals surface area contributed by atoms with Crippen molar-refractivity contribution in [1.82, 2.24) is 70.4 Å². The highest BCUT2D eigenvalue weighted by atomic mass is 79.9. The number of benzene rings is 4. The van der Waals surface area contributed by atoms with Crippen molar-refractivity contribution in [2.24, 2.45) is 54.0 Å². The second-order valence-electron chi connectivity index (χ2n) is 33.0. The monoisotopic (exact) mass is 2180 g/mol. The zero-order chi connectivity index (χ0) is 99.5. The smallest absolute Gasteiger partial charge is 0.338 e. The number of nitrogens with zero attached hydrogens (tertiary/aromatic N) is 18. The Hall–Kier alpha value is -11.3. The molecule has 4 fully saturated rings. The van der Waals surface area contributed by atoms with Crippen LogP contribution in [0.3, 0.4) is 0 Å². The number of ether oxygens (including phenoxy) is 8. The lowest BCUT2D eigenvalue weighted by molar-refractivity contribution is -0.156. The molecular formula is C91H104Br4F4N22O18. The maximum absolute atomic E-state index is 13.9. The molecule has 8 atom stereocenters. The molecule has 0 saturated carbocycles. The van der Waals surface area contributed by atoms with Crippen LogP contribution < -0.4 is 21.3 Å². The number of nitrogens with one attached hydrogen (secondary N) is 4. The molecule has 0 bridgehead atoms. The molecule has 2 aromatic heterocycles. The van der Waals surface area contributed by atoms with E-state index in [1.807, 2.05) is 9.80 Å². The van der Waals surface area contributed by atoms with Crippen LogP contribution in [-0.2, 0) is 80.8 Å². The average Bonchev–Trinajstić information content (AvgIpc) is 1.68.